The highest BCUT2D eigenvalue weighted by Gasteiger charge is 1.88. The highest BCUT2D eigenvalue weighted by Crippen LogP contribution is 1.90. The molecule has 1 heterocycles. The van der Waals surface area contributed by atoms with E-state index in [0.717, 1.165) is 0 Å². The molecular formula is C5H6N2OS. The molecule has 9 heavy (non-hydrogen) atoms. The van der Waals surface area contributed by atoms with Crippen molar-refractivity contribution in [1.29, 1.82) is 0 Å². The van der Waals surface area contributed by atoms with Crippen LogP contribution in [0.2, 0.25) is 0 Å². The summed E-state index contributed by atoms with van der Waals surface area (Å²) in [5, 5.41) is 0. The van der Waals surface area contributed by atoms with Gasteiger partial charge >= 0.3 is 0 Å². The van der Waals surface area contributed by atoms with Crippen LogP contribution < -0.4 is 5.56 Å². The number of aromatic nitrogens is 2. The predicted molar refractivity (Wildman–Crippen MR) is 37.5 cm³/mol. The second-order valence-corrected chi connectivity index (χ2v) is 1.88. The molecule has 0 fully saturated rings. The van der Waals surface area contributed by atoms with Crippen molar-refractivity contribution in [3.05, 3.63) is 28.4 Å². The second kappa shape index (κ2) is 2.68. The molecule has 1 N–H and O–H groups in total. The summed E-state index contributed by atoms with van der Waals surface area (Å²) in [5.74, 6) is 0.504. The Morgan fingerprint density at radius 2 is 2.56 bits per heavy atom. The third-order valence-electron chi connectivity index (χ3n) is 0.897. The molecule has 0 bridgehead atoms. The lowest BCUT2D eigenvalue weighted by atomic mass is 10.5. The molecule has 0 aromatic carbocycles. The fourth-order valence-electron chi connectivity index (χ4n) is 0.496. The molecule has 1 aromatic heterocycles. The number of hydrogen-bond acceptors (Lipinski definition) is 3. The number of nitrogens with one attached hydrogen (secondary N) is 1. The molecule has 0 radical (unpaired) electrons. The third kappa shape index (κ3) is 1.57. The van der Waals surface area contributed by atoms with Gasteiger partial charge in [0.2, 0.25) is 0 Å². The lowest BCUT2D eigenvalue weighted by molar-refractivity contribution is 1.05. The van der Waals surface area contributed by atoms with Gasteiger partial charge in [0.15, 0.2) is 0 Å². The lowest BCUT2D eigenvalue weighted by Gasteiger charge is -1.88. The van der Waals surface area contributed by atoms with Gasteiger partial charge in [-0.15, -0.1) is 0 Å². The monoisotopic (exact) mass is 142 g/mol. The maximum Gasteiger partial charge on any atom is 0.250 e. The van der Waals surface area contributed by atoms with Crippen LogP contribution in [-0.4, -0.2) is 9.97 Å². The third-order valence-corrected chi connectivity index (χ3v) is 1.22. The largest absolute Gasteiger partial charge is 0.313 e. The van der Waals surface area contributed by atoms with E-state index in [4.69, 9.17) is 0 Å². The van der Waals surface area contributed by atoms with E-state index in [0.29, 0.717) is 11.4 Å². The van der Waals surface area contributed by atoms with Gasteiger partial charge in [-0.1, -0.05) is 0 Å². The first-order valence-electron chi connectivity index (χ1n) is 2.47. The number of H-pyrrole nitrogens is 1. The maximum absolute atomic E-state index is 10.5. The molecule has 0 saturated carbocycles. The van der Waals surface area contributed by atoms with Crippen molar-refractivity contribution in [2.75, 3.05) is 0 Å². The summed E-state index contributed by atoms with van der Waals surface area (Å²) in [6.07, 6.45) is 1.37. The van der Waals surface area contributed by atoms with E-state index in [1.54, 1.807) is 0 Å². The first-order valence-corrected chi connectivity index (χ1v) is 3.10. The van der Waals surface area contributed by atoms with Crippen LogP contribution in [-0.2, 0) is 5.75 Å². The van der Waals surface area contributed by atoms with Crippen LogP contribution in [0.1, 0.15) is 5.69 Å². The molecule has 0 saturated heterocycles. The smallest absolute Gasteiger partial charge is 0.250 e. The van der Waals surface area contributed by atoms with E-state index < -0.39 is 0 Å². The number of nitrogens with zero attached hydrogens (tertiary/aromatic N) is 1. The van der Waals surface area contributed by atoms with E-state index in [1.807, 2.05) is 0 Å². The second-order valence-electron chi connectivity index (χ2n) is 1.56. The van der Waals surface area contributed by atoms with Gasteiger partial charge in [-0.3, -0.25) is 4.79 Å². The number of rotatable bonds is 1. The molecule has 0 spiro atoms. The average molecular weight is 142 g/mol. The zero-order valence-corrected chi connectivity index (χ0v) is 5.56. The Balaban J connectivity index is 3.08. The Morgan fingerprint density at radius 1 is 1.78 bits per heavy atom. The fraction of sp³-hybridized carbons (Fsp3) is 0.200. The lowest BCUT2D eigenvalue weighted by Crippen LogP contribution is -2.05. The van der Waals surface area contributed by atoms with Crippen molar-refractivity contribution in [2.45, 2.75) is 5.75 Å². The minimum absolute atomic E-state index is 0.131. The fourth-order valence-corrected chi connectivity index (χ4v) is 0.668. The summed E-state index contributed by atoms with van der Waals surface area (Å²) < 4.78 is 0. The summed E-state index contributed by atoms with van der Waals surface area (Å²) in [5.41, 5.74) is 0.566. The highest BCUT2D eigenvalue weighted by molar-refractivity contribution is 7.79. The minimum atomic E-state index is -0.131. The van der Waals surface area contributed by atoms with Crippen LogP contribution in [0.3, 0.4) is 0 Å². The molecule has 4 heteroatoms. The van der Waals surface area contributed by atoms with Crippen LogP contribution in [0.4, 0.5) is 0 Å². The van der Waals surface area contributed by atoms with E-state index in [1.165, 1.54) is 12.4 Å². The van der Waals surface area contributed by atoms with Gasteiger partial charge in [0.1, 0.15) is 0 Å². The average Bonchev–Trinajstić information content (AvgIpc) is 1.88. The first kappa shape index (κ1) is 6.35. The first-order chi connectivity index (χ1) is 4.33. The summed E-state index contributed by atoms with van der Waals surface area (Å²) >= 11 is 3.94. The van der Waals surface area contributed by atoms with Crippen molar-refractivity contribution in [1.82, 2.24) is 9.97 Å². The van der Waals surface area contributed by atoms with Crippen LogP contribution in [0.25, 0.3) is 0 Å². The Labute approximate surface area is 57.6 Å². The van der Waals surface area contributed by atoms with Crippen molar-refractivity contribution >= 4 is 12.6 Å². The van der Waals surface area contributed by atoms with Crippen LogP contribution in [0.5, 0.6) is 0 Å². The Bertz CT molecular complexity index is 245. The van der Waals surface area contributed by atoms with E-state index in [2.05, 4.69) is 22.6 Å². The van der Waals surface area contributed by atoms with Crippen molar-refractivity contribution in [3.63, 3.8) is 0 Å². The van der Waals surface area contributed by atoms with Crippen molar-refractivity contribution in [2.24, 2.45) is 0 Å². The van der Waals surface area contributed by atoms with Gasteiger partial charge < -0.3 is 4.98 Å². The van der Waals surface area contributed by atoms with Crippen LogP contribution in [0, 0.1) is 0 Å². The molecule has 48 valence electrons. The van der Waals surface area contributed by atoms with E-state index in [-0.39, 0.29) is 5.56 Å². The molecule has 0 aliphatic rings. The Kier molecular flexibility index (Phi) is 1.89. The summed E-state index contributed by atoms with van der Waals surface area (Å²) in [6, 6.07) is 1.42. The minimum Gasteiger partial charge on any atom is -0.313 e. The molecule has 0 aliphatic carbocycles. The normalized spacial score (nSPS) is 9.44. The molecule has 3 nitrogen and oxygen atoms in total. The van der Waals surface area contributed by atoms with Crippen molar-refractivity contribution < 1.29 is 0 Å². The number of thiol groups is 1. The van der Waals surface area contributed by atoms with Crippen molar-refractivity contribution in [3.8, 4) is 0 Å². The SMILES string of the molecule is O=c1cc(CS)nc[nH]1. The Hall–Kier alpha value is -0.770. The van der Waals surface area contributed by atoms with Crippen LogP contribution >= 0.6 is 12.6 Å². The van der Waals surface area contributed by atoms with Gasteiger partial charge in [0.25, 0.3) is 5.56 Å². The molecule has 0 atom stereocenters. The molecule has 0 amide bonds. The standard InChI is InChI=1S/C5H6N2OS/c8-5-1-4(2-9)6-3-7-5/h1,3,9H,2H2,(H,6,7,8). The molecule has 0 aliphatic heterocycles. The predicted octanol–water partition coefficient (Wildman–Crippen LogP) is 0.200. The number of hydrogen-bond donors (Lipinski definition) is 2. The topological polar surface area (TPSA) is 45.8 Å². The van der Waals surface area contributed by atoms with Gasteiger partial charge in [0, 0.05) is 11.8 Å². The quantitative estimate of drug-likeness (QED) is 0.550. The van der Waals surface area contributed by atoms with Gasteiger partial charge in [-0.2, -0.15) is 12.6 Å². The maximum atomic E-state index is 10.5. The zero-order valence-electron chi connectivity index (χ0n) is 4.66. The Morgan fingerprint density at radius 3 is 3.00 bits per heavy atom. The molecule has 1 aromatic rings. The highest BCUT2D eigenvalue weighted by atomic mass is 32.1. The molecule has 1 rings (SSSR count). The number of aromatic amines is 1. The van der Waals surface area contributed by atoms with Gasteiger partial charge in [-0.25, -0.2) is 4.98 Å². The summed E-state index contributed by atoms with van der Waals surface area (Å²) in [7, 11) is 0. The zero-order chi connectivity index (χ0) is 6.69. The summed E-state index contributed by atoms with van der Waals surface area (Å²) in [4.78, 5) is 16.8. The van der Waals surface area contributed by atoms with Gasteiger partial charge in [0.05, 0.1) is 12.0 Å². The van der Waals surface area contributed by atoms with Crippen LogP contribution in [0.15, 0.2) is 17.2 Å². The molecule has 0 unspecified atom stereocenters. The molecular weight excluding hydrogens is 136 g/mol. The summed E-state index contributed by atoms with van der Waals surface area (Å²) in [6.45, 7) is 0. The van der Waals surface area contributed by atoms with E-state index in [9.17, 15) is 4.79 Å². The van der Waals surface area contributed by atoms with Gasteiger partial charge in [-0.05, 0) is 0 Å². The van der Waals surface area contributed by atoms with E-state index >= 15 is 0 Å².